The summed E-state index contributed by atoms with van der Waals surface area (Å²) < 4.78 is 0.369. The quantitative estimate of drug-likeness (QED) is 0.742. The molecular weight excluding hydrogens is 216 g/mol. The van der Waals surface area contributed by atoms with Crippen molar-refractivity contribution in [2.45, 2.75) is 0 Å². The lowest BCUT2D eigenvalue weighted by Gasteiger charge is -1.99. The number of hydrogen-bond acceptors (Lipinski definition) is 2. The topological polar surface area (TPSA) is 49.8 Å². The summed E-state index contributed by atoms with van der Waals surface area (Å²) in [5.74, 6) is 0. The number of allylic oxidation sites excluding steroid dienone is 1. The van der Waals surface area contributed by atoms with Gasteiger partial charge in [-0.2, -0.15) is 5.26 Å². The lowest BCUT2D eigenvalue weighted by molar-refractivity contribution is 1.48. The van der Waals surface area contributed by atoms with Crippen LogP contribution in [0.2, 0.25) is 0 Å². The van der Waals surface area contributed by atoms with Crippen LogP contribution in [0, 0.1) is 11.3 Å². The van der Waals surface area contributed by atoms with Gasteiger partial charge in [0.2, 0.25) is 0 Å². The standard InChI is InChI=1S/C9H7BrN2/c10-8(6-11)9(12)7-4-2-1-3-5-7/h1-5H,12H2/b9-8+. The Kier molecular flexibility index (Phi) is 2.89. The molecule has 0 saturated carbocycles. The van der Waals surface area contributed by atoms with Crippen LogP contribution in [0.4, 0.5) is 0 Å². The molecule has 0 aromatic heterocycles. The molecule has 0 amide bonds. The maximum Gasteiger partial charge on any atom is 0.118 e. The van der Waals surface area contributed by atoms with Crippen molar-refractivity contribution < 1.29 is 0 Å². The number of nitrogens with two attached hydrogens (primary N) is 1. The van der Waals surface area contributed by atoms with Gasteiger partial charge < -0.3 is 5.73 Å². The van der Waals surface area contributed by atoms with Gasteiger partial charge >= 0.3 is 0 Å². The first kappa shape index (κ1) is 8.82. The minimum atomic E-state index is 0.369. The highest BCUT2D eigenvalue weighted by atomic mass is 79.9. The summed E-state index contributed by atoms with van der Waals surface area (Å²) in [4.78, 5) is 0. The fourth-order valence-electron chi connectivity index (χ4n) is 0.805. The van der Waals surface area contributed by atoms with Crippen molar-refractivity contribution in [1.29, 1.82) is 5.26 Å². The van der Waals surface area contributed by atoms with Crippen molar-refractivity contribution in [3.63, 3.8) is 0 Å². The second kappa shape index (κ2) is 3.93. The molecule has 0 fully saturated rings. The minimum Gasteiger partial charge on any atom is -0.397 e. The van der Waals surface area contributed by atoms with Crippen LogP contribution in [0.3, 0.4) is 0 Å². The van der Waals surface area contributed by atoms with E-state index >= 15 is 0 Å². The molecule has 60 valence electrons. The van der Waals surface area contributed by atoms with E-state index in [2.05, 4.69) is 15.9 Å². The van der Waals surface area contributed by atoms with E-state index in [1.54, 1.807) is 0 Å². The molecule has 12 heavy (non-hydrogen) atoms. The van der Waals surface area contributed by atoms with E-state index in [1.807, 2.05) is 36.4 Å². The number of nitriles is 1. The van der Waals surface area contributed by atoms with Crippen LogP contribution in [-0.4, -0.2) is 0 Å². The molecule has 1 rings (SSSR count). The highest BCUT2D eigenvalue weighted by Crippen LogP contribution is 2.16. The van der Waals surface area contributed by atoms with Crippen molar-refractivity contribution in [3.05, 3.63) is 40.4 Å². The molecule has 0 unspecified atom stereocenters. The number of halogens is 1. The van der Waals surface area contributed by atoms with Crippen molar-refractivity contribution in [3.8, 4) is 6.07 Å². The molecule has 0 heterocycles. The van der Waals surface area contributed by atoms with Crippen LogP contribution in [-0.2, 0) is 0 Å². The molecule has 2 nitrogen and oxygen atoms in total. The molecule has 0 atom stereocenters. The van der Waals surface area contributed by atoms with E-state index < -0.39 is 0 Å². The summed E-state index contributed by atoms with van der Waals surface area (Å²) in [5, 5.41) is 8.53. The first-order valence-corrected chi connectivity index (χ1v) is 4.15. The average Bonchev–Trinajstić information content (AvgIpc) is 2.17. The number of nitrogens with zero attached hydrogens (tertiary/aromatic N) is 1. The van der Waals surface area contributed by atoms with Crippen LogP contribution in [0.1, 0.15) is 5.56 Å². The van der Waals surface area contributed by atoms with E-state index in [9.17, 15) is 0 Å². The Balaban J connectivity index is 3.11. The summed E-state index contributed by atoms with van der Waals surface area (Å²) in [6, 6.07) is 11.3. The third kappa shape index (κ3) is 1.86. The molecule has 0 aliphatic rings. The Morgan fingerprint density at radius 3 is 2.42 bits per heavy atom. The summed E-state index contributed by atoms with van der Waals surface area (Å²) in [6.45, 7) is 0. The van der Waals surface area contributed by atoms with Gasteiger partial charge in [-0.25, -0.2) is 0 Å². The second-order valence-corrected chi connectivity index (χ2v) is 3.00. The van der Waals surface area contributed by atoms with Crippen molar-refractivity contribution in [2.24, 2.45) is 5.73 Å². The molecule has 0 spiro atoms. The fourth-order valence-corrected chi connectivity index (χ4v) is 1.03. The van der Waals surface area contributed by atoms with Crippen LogP contribution in [0.15, 0.2) is 34.8 Å². The number of rotatable bonds is 1. The SMILES string of the molecule is N#C/C(Br)=C(\N)c1ccccc1. The van der Waals surface area contributed by atoms with Crippen molar-refractivity contribution >= 4 is 21.6 Å². The fraction of sp³-hybridized carbons (Fsp3) is 0. The van der Waals surface area contributed by atoms with E-state index in [0.717, 1.165) is 5.56 Å². The third-order valence-corrected chi connectivity index (χ3v) is 2.02. The van der Waals surface area contributed by atoms with Crippen molar-refractivity contribution in [1.82, 2.24) is 0 Å². The van der Waals surface area contributed by atoms with E-state index in [4.69, 9.17) is 11.0 Å². The van der Waals surface area contributed by atoms with Gasteiger partial charge in [0.05, 0.1) is 5.70 Å². The molecule has 1 aromatic rings. The Hall–Kier alpha value is -1.27. The van der Waals surface area contributed by atoms with Gasteiger partial charge in [-0.1, -0.05) is 30.3 Å². The molecule has 0 bridgehead atoms. The largest absolute Gasteiger partial charge is 0.397 e. The van der Waals surface area contributed by atoms with Gasteiger partial charge in [0.1, 0.15) is 10.6 Å². The molecule has 2 N–H and O–H groups in total. The maximum absolute atomic E-state index is 8.53. The van der Waals surface area contributed by atoms with Gasteiger partial charge in [-0.15, -0.1) is 0 Å². The smallest absolute Gasteiger partial charge is 0.118 e. The molecule has 3 heteroatoms. The molecular formula is C9H7BrN2. The Morgan fingerprint density at radius 1 is 1.33 bits per heavy atom. The Morgan fingerprint density at radius 2 is 1.92 bits per heavy atom. The highest BCUT2D eigenvalue weighted by molar-refractivity contribution is 9.12. The normalized spacial score (nSPS) is 11.7. The van der Waals surface area contributed by atoms with Crippen LogP contribution >= 0.6 is 15.9 Å². The first-order chi connectivity index (χ1) is 5.75. The van der Waals surface area contributed by atoms with Crippen molar-refractivity contribution in [2.75, 3.05) is 0 Å². The second-order valence-electron chi connectivity index (χ2n) is 2.21. The zero-order valence-corrected chi connectivity index (χ0v) is 7.88. The van der Waals surface area contributed by atoms with Gasteiger partial charge in [0, 0.05) is 0 Å². The van der Waals surface area contributed by atoms with Crippen LogP contribution in [0.25, 0.3) is 5.70 Å². The Labute approximate surface area is 79.4 Å². The monoisotopic (exact) mass is 222 g/mol. The summed E-state index contributed by atoms with van der Waals surface area (Å²) in [6.07, 6.45) is 0. The zero-order chi connectivity index (χ0) is 8.97. The van der Waals surface area contributed by atoms with Gasteiger partial charge in [-0.05, 0) is 21.5 Å². The first-order valence-electron chi connectivity index (χ1n) is 3.36. The molecule has 0 radical (unpaired) electrons. The predicted molar refractivity (Wildman–Crippen MR) is 52.1 cm³/mol. The number of hydrogen-bond donors (Lipinski definition) is 1. The van der Waals surface area contributed by atoms with Gasteiger partial charge in [-0.3, -0.25) is 0 Å². The lowest BCUT2D eigenvalue weighted by Crippen LogP contribution is -1.97. The zero-order valence-electron chi connectivity index (χ0n) is 6.29. The summed E-state index contributed by atoms with van der Waals surface area (Å²) >= 11 is 3.07. The third-order valence-electron chi connectivity index (χ3n) is 1.42. The molecule has 1 aromatic carbocycles. The molecule has 0 aliphatic carbocycles. The molecule has 0 saturated heterocycles. The van der Waals surface area contributed by atoms with Crippen LogP contribution in [0.5, 0.6) is 0 Å². The summed E-state index contributed by atoms with van der Waals surface area (Å²) in [7, 11) is 0. The predicted octanol–water partition coefficient (Wildman–Crippen LogP) is 2.23. The average molecular weight is 223 g/mol. The van der Waals surface area contributed by atoms with E-state index in [-0.39, 0.29) is 0 Å². The highest BCUT2D eigenvalue weighted by Gasteiger charge is 1.99. The van der Waals surface area contributed by atoms with Crippen LogP contribution < -0.4 is 5.73 Å². The van der Waals surface area contributed by atoms with E-state index in [0.29, 0.717) is 10.2 Å². The molecule has 0 aliphatic heterocycles. The number of benzene rings is 1. The summed E-state index contributed by atoms with van der Waals surface area (Å²) in [5.41, 5.74) is 6.98. The minimum absolute atomic E-state index is 0.369. The van der Waals surface area contributed by atoms with E-state index in [1.165, 1.54) is 0 Å². The lowest BCUT2D eigenvalue weighted by atomic mass is 10.1. The van der Waals surface area contributed by atoms with Gasteiger partial charge in [0.15, 0.2) is 0 Å². The Bertz CT molecular complexity index is 335. The van der Waals surface area contributed by atoms with Gasteiger partial charge in [0.25, 0.3) is 0 Å². The maximum atomic E-state index is 8.53.